The van der Waals surface area contributed by atoms with Crippen LogP contribution in [0.25, 0.3) is 0 Å². The lowest BCUT2D eigenvalue weighted by Gasteiger charge is -2.29. The van der Waals surface area contributed by atoms with Crippen molar-refractivity contribution in [2.24, 2.45) is 0 Å². The molecule has 0 spiro atoms. The van der Waals surface area contributed by atoms with E-state index in [0.717, 1.165) is 0 Å². The fraction of sp³-hybridized carbons (Fsp3) is 0.400. The molecule has 2 N–H and O–H groups in total. The Hall–Kier alpha value is -2.14. The van der Waals surface area contributed by atoms with E-state index in [9.17, 15) is 16.8 Å². The number of rotatable bonds is 8. The molecule has 0 radical (unpaired) electrons. The molecule has 0 saturated heterocycles. The second-order valence-corrected chi connectivity index (χ2v) is 10.6. The first-order valence-corrected chi connectivity index (χ1v) is 12.5. The molecule has 10 heteroatoms. The zero-order valence-corrected chi connectivity index (χ0v) is 18.5. The van der Waals surface area contributed by atoms with E-state index in [4.69, 9.17) is 9.47 Å². The van der Waals surface area contributed by atoms with Crippen molar-refractivity contribution < 1.29 is 26.3 Å². The van der Waals surface area contributed by atoms with Gasteiger partial charge in [0.1, 0.15) is 11.5 Å². The monoisotopic (exact) mass is 454 g/mol. The summed E-state index contributed by atoms with van der Waals surface area (Å²) in [4.78, 5) is 0.344. The van der Waals surface area contributed by atoms with Crippen LogP contribution in [0.15, 0.2) is 58.3 Å². The molecule has 1 aliphatic rings. The molecule has 30 heavy (non-hydrogen) atoms. The van der Waals surface area contributed by atoms with Crippen molar-refractivity contribution in [3.63, 3.8) is 0 Å². The highest BCUT2D eigenvalue weighted by Gasteiger charge is 2.28. The van der Waals surface area contributed by atoms with E-state index in [0.29, 0.717) is 37.2 Å². The molecule has 0 unspecified atom stereocenters. The molecule has 0 heterocycles. The van der Waals surface area contributed by atoms with Crippen molar-refractivity contribution in [3.8, 4) is 11.5 Å². The summed E-state index contributed by atoms with van der Waals surface area (Å²) < 4.78 is 65.8. The van der Waals surface area contributed by atoms with Crippen molar-refractivity contribution in [2.75, 3.05) is 14.2 Å². The van der Waals surface area contributed by atoms with Gasteiger partial charge in [-0.05, 0) is 74.2 Å². The molecule has 0 aliphatic heterocycles. The van der Waals surface area contributed by atoms with Gasteiger partial charge in [-0.3, -0.25) is 0 Å². The summed E-state index contributed by atoms with van der Waals surface area (Å²) in [6, 6.07) is 11.9. The van der Waals surface area contributed by atoms with Crippen LogP contribution < -0.4 is 18.9 Å². The van der Waals surface area contributed by atoms with Gasteiger partial charge in [-0.1, -0.05) is 0 Å². The van der Waals surface area contributed by atoms with Crippen molar-refractivity contribution in [1.29, 1.82) is 0 Å². The minimum absolute atomic E-state index is 0.172. The first kappa shape index (κ1) is 22.5. The molecular formula is C20H26N2O6S2. The Labute approximate surface area is 177 Å². The summed E-state index contributed by atoms with van der Waals surface area (Å²) in [5.74, 6) is 1.16. The van der Waals surface area contributed by atoms with Gasteiger partial charge in [-0.2, -0.15) is 0 Å². The molecule has 1 saturated carbocycles. The number of methoxy groups -OCH3 is 2. The minimum Gasteiger partial charge on any atom is -0.497 e. The summed E-state index contributed by atoms with van der Waals surface area (Å²) in [5.41, 5.74) is 0. The number of ether oxygens (including phenoxy) is 2. The fourth-order valence-electron chi connectivity index (χ4n) is 3.41. The first-order chi connectivity index (χ1) is 14.2. The van der Waals surface area contributed by atoms with Crippen LogP contribution in [0.4, 0.5) is 0 Å². The zero-order chi connectivity index (χ0) is 21.8. The van der Waals surface area contributed by atoms with Gasteiger partial charge in [-0.15, -0.1) is 0 Å². The maximum atomic E-state index is 12.6. The highest BCUT2D eigenvalue weighted by molar-refractivity contribution is 7.89. The van der Waals surface area contributed by atoms with Crippen LogP contribution in [0.1, 0.15) is 25.7 Å². The Kier molecular flexibility index (Phi) is 7.02. The Morgan fingerprint density at radius 3 is 1.20 bits per heavy atom. The topological polar surface area (TPSA) is 111 Å². The van der Waals surface area contributed by atoms with Crippen LogP contribution in [-0.4, -0.2) is 43.1 Å². The molecule has 2 aromatic carbocycles. The predicted molar refractivity (Wildman–Crippen MR) is 113 cm³/mol. The summed E-state index contributed by atoms with van der Waals surface area (Å²) in [7, 11) is -4.25. The molecule has 164 valence electrons. The van der Waals surface area contributed by atoms with E-state index in [1.54, 1.807) is 24.3 Å². The van der Waals surface area contributed by atoms with Crippen molar-refractivity contribution >= 4 is 20.0 Å². The quantitative estimate of drug-likeness (QED) is 0.633. The van der Waals surface area contributed by atoms with E-state index < -0.39 is 20.0 Å². The number of sulfonamides is 2. The normalized spacial score (nSPS) is 19.9. The Balaban J connectivity index is 1.56. The first-order valence-electron chi connectivity index (χ1n) is 9.56. The average molecular weight is 455 g/mol. The molecule has 1 fully saturated rings. The van der Waals surface area contributed by atoms with Crippen LogP contribution in [0.3, 0.4) is 0 Å². The van der Waals surface area contributed by atoms with Crippen LogP contribution >= 0.6 is 0 Å². The lowest BCUT2D eigenvalue weighted by Crippen LogP contribution is -2.43. The molecule has 0 atom stereocenters. The smallest absolute Gasteiger partial charge is 0.240 e. The molecule has 0 bridgehead atoms. The third kappa shape index (κ3) is 5.51. The highest BCUT2D eigenvalue weighted by atomic mass is 32.2. The summed E-state index contributed by atoms with van der Waals surface area (Å²) in [6.07, 6.45) is 2.19. The second kappa shape index (κ2) is 9.34. The van der Waals surface area contributed by atoms with E-state index in [2.05, 4.69) is 9.44 Å². The summed E-state index contributed by atoms with van der Waals surface area (Å²) in [6.45, 7) is 0. The van der Waals surface area contributed by atoms with E-state index in [1.165, 1.54) is 38.5 Å². The second-order valence-electron chi connectivity index (χ2n) is 7.14. The van der Waals surface area contributed by atoms with Crippen LogP contribution in [0.5, 0.6) is 11.5 Å². The lowest BCUT2D eigenvalue weighted by atomic mass is 9.92. The Morgan fingerprint density at radius 2 is 0.933 bits per heavy atom. The number of hydrogen-bond donors (Lipinski definition) is 2. The number of nitrogens with one attached hydrogen (secondary N) is 2. The zero-order valence-electron chi connectivity index (χ0n) is 16.9. The van der Waals surface area contributed by atoms with Crippen molar-refractivity contribution in [1.82, 2.24) is 9.44 Å². The molecule has 0 aromatic heterocycles. The molecule has 2 aromatic rings. The fourth-order valence-corrected chi connectivity index (χ4v) is 6.02. The molecule has 8 nitrogen and oxygen atoms in total. The molecule has 0 amide bonds. The van der Waals surface area contributed by atoms with E-state index in [1.807, 2.05) is 0 Å². The third-order valence-corrected chi connectivity index (χ3v) is 8.18. The number of benzene rings is 2. The van der Waals surface area contributed by atoms with Gasteiger partial charge in [0.15, 0.2) is 0 Å². The molecule has 1 aliphatic carbocycles. The SMILES string of the molecule is COc1ccc(S(=O)(=O)NC2CCC(NS(=O)(=O)c3ccc(OC)cc3)CC2)cc1. The Morgan fingerprint density at radius 1 is 0.633 bits per heavy atom. The van der Waals surface area contributed by atoms with Gasteiger partial charge in [-0.25, -0.2) is 26.3 Å². The largest absolute Gasteiger partial charge is 0.497 e. The van der Waals surface area contributed by atoms with Gasteiger partial charge in [0.25, 0.3) is 0 Å². The van der Waals surface area contributed by atoms with Gasteiger partial charge in [0.2, 0.25) is 20.0 Å². The lowest BCUT2D eigenvalue weighted by molar-refractivity contribution is 0.356. The molecule has 3 rings (SSSR count). The van der Waals surface area contributed by atoms with Crippen molar-refractivity contribution in [2.45, 2.75) is 47.6 Å². The third-order valence-electron chi connectivity index (χ3n) is 5.11. The maximum absolute atomic E-state index is 12.6. The van der Waals surface area contributed by atoms with Gasteiger partial charge >= 0.3 is 0 Å². The van der Waals surface area contributed by atoms with E-state index >= 15 is 0 Å². The van der Waals surface area contributed by atoms with Crippen LogP contribution in [0, 0.1) is 0 Å². The Bertz CT molecular complexity index is 956. The average Bonchev–Trinajstić information content (AvgIpc) is 2.75. The maximum Gasteiger partial charge on any atom is 0.240 e. The van der Waals surface area contributed by atoms with Gasteiger partial charge in [0.05, 0.1) is 24.0 Å². The van der Waals surface area contributed by atoms with Crippen LogP contribution in [0.2, 0.25) is 0 Å². The highest BCUT2D eigenvalue weighted by Crippen LogP contribution is 2.24. The van der Waals surface area contributed by atoms with Crippen molar-refractivity contribution in [3.05, 3.63) is 48.5 Å². The molecular weight excluding hydrogens is 428 g/mol. The van der Waals surface area contributed by atoms with Crippen LogP contribution in [-0.2, 0) is 20.0 Å². The number of hydrogen-bond acceptors (Lipinski definition) is 6. The van der Waals surface area contributed by atoms with Gasteiger partial charge < -0.3 is 9.47 Å². The summed E-state index contributed by atoms with van der Waals surface area (Å²) in [5, 5.41) is 0. The minimum atomic E-state index is -3.64. The van der Waals surface area contributed by atoms with E-state index in [-0.39, 0.29) is 21.9 Å². The summed E-state index contributed by atoms with van der Waals surface area (Å²) >= 11 is 0. The standard InChI is InChI=1S/C20H26N2O6S2/c1-27-17-7-11-19(12-8-17)29(23,24)21-15-3-5-16(6-4-15)22-30(25,26)20-13-9-18(28-2)10-14-20/h7-16,21-22H,3-6H2,1-2H3. The predicted octanol–water partition coefficient (Wildman–Crippen LogP) is 2.27. The van der Waals surface area contributed by atoms with Gasteiger partial charge in [0, 0.05) is 12.1 Å².